The van der Waals surface area contributed by atoms with Gasteiger partial charge in [-0.2, -0.15) is 0 Å². The molecule has 0 saturated carbocycles. The zero-order valence-electron chi connectivity index (χ0n) is 18.6. The predicted octanol–water partition coefficient (Wildman–Crippen LogP) is 3.15. The Kier molecular flexibility index (Phi) is 6.61. The molecule has 0 saturated heterocycles. The molecule has 162 valence electrons. The van der Waals surface area contributed by atoms with Gasteiger partial charge >= 0.3 is 5.69 Å². The topological polar surface area (TPSA) is 71.1 Å². The molecule has 30 heavy (non-hydrogen) atoms. The number of hydrogen-bond donors (Lipinski definition) is 0. The molecular weight excluding hydrogens is 380 g/mol. The molecule has 0 amide bonds. The molecule has 0 atom stereocenters. The van der Waals surface area contributed by atoms with E-state index in [1.165, 1.54) is 4.57 Å². The Labute approximate surface area is 176 Å². The van der Waals surface area contributed by atoms with Crippen LogP contribution in [0, 0.1) is 0 Å². The van der Waals surface area contributed by atoms with Gasteiger partial charge in [0.1, 0.15) is 5.82 Å². The van der Waals surface area contributed by atoms with Gasteiger partial charge < -0.3 is 9.30 Å². The number of benzene rings is 1. The fraction of sp³-hybridized carbons (Fsp3) is 0.522. The van der Waals surface area contributed by atoms with Gasteiger partial charge in [-0.15, -0.1) is 0 Å². The predicted molar refractivity (Wildman–Crippen MR) is 119 cm³/mol. The first-order chi connectivity index (χ1) is 14.3. The van der Waals surface area contributed by atoms with Crippen molar-refractivity contribution in [3.8, 4) is 0 Å². The molecule has 2 heterocycles. The highest BCUT2D eigenvalue weighted by atomic mass is 16.5. The quantitative estimate of drug-likeness (QED) is 0.533. The summed E-state index contributed by atoms with van der Waals surface area (Å²) in [5, 5.41) is 0. The molecule has 0 fully saturated rings. The van der Waals surface area contributed by atoms with E-state index < -0.39 is 0 Å². The SMILES string of the molecule is CCCn1c(=O)c2c(nc(C(C)(C)C)n2Cc2ccccc2)n(CCCOC)c1=O. The van der Waals surface area contributed by atoms with Crippen molar-refractivity contribution in [3.05, 3.63) is 62.6 Å². The van der Waals surface area contributed by atoms with Crippen LogP contribution in [0.15, 0.2) is 39.9 Å². The first kappa shape index (κ1) is 22.0. The highest BCUT2D eigenvalue weighted by molar-refractivity contribution is 5.71. The number of aryl methyl sites for hydroxylation is 1. The van der Waals surface area contributed by atoms with E-state index in [9.17, 15) is 9.59 Å². The van der Waals surface area contributed by atoms with E-state index in [2.05, 4.69) is 20.8 Å². The maximum absolute atomic E-state index is 13.4. The molecule has 7 heteroatoms. The zero-order chi connectivity index (χ0) is 21.9. The van der Waals surface area contributed by atoms with Gasteiger partial charge in [0, 0.05) is 38.8 Å². The maximum atomic E-state index is 13.4. The summed E-state index contributed by atoms with van der Waals surface area (Å²) in [6.45, 7) is 10.1. The van der Waals surface area contributed by atoms with Crippen LogP contribution in [0.25, 0.3) is 11.2 Å². The molecule has 0 aliphatic carbocycles. The second-order valence-electron chi connectivity index (χ2n) is 8.67. The largest absolute Gasteiger partial charge is 0.385 e. The lowest BCUT2D eigenvalue weighted by Crippen LogP contribution is -2.40. The third kappa shape index (κ3) is 4.26. The highest BCUT2D eigenvalue weighted by Crippen LogP contribution is 2.25. The van der Waals surface area contributed by atoms with Crippen molar-refractivity contribution in [1.29, 1.82) is 0 Å². The maximum Gasteiger partial charge on any atom is 0.332 e. The van der Waals surface area contributed by atoms with Gasteiger partial charge in [0.15, 0.2) is 11.2 Å². The van der Waals surface area contributed by atoms with Crippen LogP contribution in [0.4, 0.5) is 0 Å². The molecule has 1 aromatic carbocycles. The van der Waals surface area contributed by atoms with Crippen LogP contribution in [0.1, 0.15) is 51.9 Å². The van der Waals surface area contributed by atoms with Gasteiger partial charge in [-0.25, -0.2) is 9.78 Å². The molecule has 0 spiro atoms. The van der Waals surface area contributed by atoms with Crippen molar-refractivity contribution in [3.63, 3.8) is 0 Å². The number of imidazole rings is 1. The normalized spacial score (nSPS) is 12.0. The number of ether oxygens (including phenoxy) is 1. The third-order valence-electron chi connectivity index (χ3n) is 5.15. The van der Waals surface area contributed by atoms with Gasteiger partial charge in [-0.3, -0.25) is 13.9 Å². The van der Waals surface area contributed by atoms with Crippen molar-refractivity contribution in [2.24, 2.45) is 0 Å². The van der Waals surface area contributed by atoms with Crippen LogP contribution in [0.3, 0.4) is 0 Å². The van der Waals surface area contributed by atoms with E-state index in [-0.39, 0.29) is 16.7 Å². The van der Waals surface area contributed by atoms with Crippen LogP contribution in [-0.2, 0) is 29.8 Å². The van der Waals surface area contributed by atoms with E-state index in [0.29, 0.717) is 50.2 Å². The molecule has 0 bridgehead atoms. The molecule has 0 aliphatic rings. The van der Waals surface area contributed by atoms with E-state index >= 15 is 0 Å². The summed E-state index contributed by atoms with van der Waals surface area (Å²) in [4.78, 5) is 31.4. The number of nitrogens with zero attached hydrogens (tertiary/aromatic N) is 4. The molecule has 7 nitrogen and oxygen atoms in total. The molecule has 0 unspecified atom stereocenters. The Balaban J connectivity index is 2.34. The van der Waals surface area contributed by atoms with E-state index in [0.717, 1.165) is 11.4 Å². The highest BCUT2D eigenvalue weighted by Gasteiger charge is 2.27. The first-order valence-corrected chi connectivity index (χ1v) is 10.6. The summed E-state index contributed by atoms with van der Waals surface area (Å²) in [6.07, 6.45) is 1.38. The molecule has 3 rings (SSSR count). The van der Waals surface area contributed by atoms with Gasteiger partial charge in [0.2, 0.25) is 0 Å². The summed E-state index contributed by atoms with van der Waals surface area (Å²) in [5.41, 5.74) is 1.20. The summed E-state index contributed by atoms with van der Waals surface area (Å²) >= 11 is 0. The zero-order valence-corrected chi connectivity index (χ0v) is 18.6. The van der Waals surface area contributed by atoms with Crippen LogP contribution in [0.2, 0.25) is 0 Å². The van der Waals surface area contributed by atoms with Crippen molar-refractivity contribution >= 4 is 11.2 Å². The van der Waals surface area contributed by atoms with Crippen LogP contribution < -0.4 is 11.2 Å². The van der Waals surface area contributed by atoms with Crippen LogP contribution in [-0.4, -0.2) is 32.4 Å². The Morgan fingerprint density at radius 3 is 2.30 bits per heavy atom. The van der Waals surface area contributed by atoms with Gasteiger partial charge in [-0.1, -0.05) is 58.0 Å². The molecule has 0 radical (unpaired) electrons. The Morgan fingerprint density at radius 1 is 1.00 bits per heavy atom. The van der Waals surface area contributed by atoms with Crippen molar-refractivity contribution < 1.29 is 4.74 Å². The van der Waals surface area contributed by atoms with Crippen LogP contribution >= 0.6 is 0 Å². The van der Waals surface area contributed by atoms with E-state index in [1.54, 1.807) is 11.7 Å². The average molecular weight is 413 g/mol. The monoisotopic (exact) mass is 412 g/mol. The van der Waals surface area contributed by atoms with Gasteiger partial charge in [0.25, 0.3) is 5.56 Å². The minimum Gasteiger partial charge on any atom is -0.385 e. The number of methoxy groups -OCH3 is 1. The number of hydrogen-bond acceptors (Lipinski definition) is 4. The summed E-state index contributed by atoms with van der Waals surface area (Å²) in [7, 11) is 1.64. The average Bonchev–Trinajstić information content (AvgIpc) is 3.08. The first-order valence-electron chi connectivity index (χ1n) is 10.6. The standard InChI is InChI=1S/C23H32N4O3/c1-6-13-26-20(28)18-19(25(22(26)29)14-10-15-30-5)24-21(23(2,3)4)27(18)16-17-11-8-7-9-12-17/h7-9,11-12H,6,10,13-16H2,1-5H3. The molecule has 3 aromatic rings. The number of aromatic nitrogens is 4. The Bertz CT molecular complexity index is 1120. The minimum atomic E-state index is -0.296. The Morgan fingerprint density at radius 2 is 1.70 bits per heavy atom. The number of rotatable bonds is 8. The van der Waals surface area contributed by atoms with E-state index in [1.807, 2.05) is 41.8 Å². The lowest BCUT2D eigenvalue weighted by molar-refractivity contribution is 0.190. The molecular formula is C23H32N4O3. The summed E-state index contributed by atoms with van der Waals surface area (Å²) in [6, 6.07) is 10.0. The minimum absolute atomic E-state index is 0.265. The summed E-state index contributed by atoms with van der Waals surface area (Å²) < 4.78 is 10.2. The lowest BCUT2D eigenvalue weighted by Gasteiger charge is -2.20. The van der Waals surface area contributed by atoms with Crippen LogP contribution in [0.5, 0.6) is 0 Å². The van der Waals surface area contributed by atoms with Crippen molar-refractivity contribution in [1.82, 2.24) is 18.7 Å². The molecule has 2 aromatic heterocycles. The molecule has 0 aliphatic heterocycles. The second kappa shape index (κ2) is 9.00. The molecule has 0 N–H and O–H groups in total. The lowest BCUT2D eigenvalue weighted by atomic mass is 9.95. The van der Waals surface area contributed by atoms with E-state index in [4.69, 9.17) is 9.72 Å². The smallest absolute Gasteiger partial charge is 0.332 e. The third-order valence-corrected chi connectivity index (χ3v) is 5.15. The second-order valence-corrected chi connectivity index (χ2v) is 8.67. The van der Waals surface area contributed by atoms with Gasteiger partial charge in [-0.05, 0) is 18.4 Å². The fourth-order valence-electron chi connectivity index (χ4n) is 3.77. The van der Waals surface area contributed by atoms with Crippen molar-refractivity contribution in [2.75, 3.05) is 13.7 Å². The number of fused-ring (bicyclic) bond motifs is 1. The fourth-order valence-corrected chi connectivity index (χ4v) is 3.77. The van der Waals surface area contributed by atoms with Crippen molar-refractivity contribution in [2.45, 2.75) is 65.6 Å². The van der Waals surface area contributed by atoms with Gasteiger partial charge in [0.05, 0.1) is 0 Å². The summed E-state index contributed by atoms with van der Waals surface area (Å²) in [5.74, 6) is 0.799. The Hall–Kier alpha value is -2.67.